The van der Waals surface area contributed by atoms with E-state index >= 15 is 0 Å². The van der Waals surface area contributed by atoms with Crippen LogP contribution in [0.25, 0.3) is 0 Å². The molecule has 0 amide bonds. The standard InChI is InChI=1S/C29H43NO3.C23H37BrO3.C6H7N.2CH4.H2/c1-3-33-19-29(32)16-14-22-20(17-29)9-10-24-23(22)13-15-28(2)25(24)11-12-26(28)27(31)18-30-21-7-5-4-6-8-21;1-3-27-14-23(26)11-9-16-15(12-23)4-5-18-17(16)8-10-22(2)19(18)6-7-20(22)21(25)13-24;7-6-4-2-1-3-5-6;;;/h4-8,20,22-26,30,32H,3,9-19H2,1-2H3;15-20,26H,3-14H2,1-2H3;1-5H,7H2;2*1H4;1H/t20-,22-,23+,24+,25-,26+,28-,29+;15-,16-,17+,18+,19-,20+,22-,23+;;;;/m00..../s1/i;;;;;1+2T. The first-order valence-electron chi connectivity index (χ1n) is 28.1. The third-order valence-electron chi connectivity index (χ3n) is 20.3. The number of carbonyl (C=O) groups is 2. The lowest BCUT2D eigenvalue weighted by atomic mass is 9.49. The largest absolute Gasteiger partial charge is 0.399 e. The molecule has 8 aliphatic rings. The van der Waals surface area contributed by atoms with Crippen LogP contribution in [0.4, 0.5) is 11.4 Å². The number of ether oxygens (including phenoxy) is 2. The Labute approximate surface area is 430 Å². The van der Waals surface area contributed by atoms with E-state index in [1.165, 1.54) is 70.6 Å². The number of hydrogen-bond donors (Lipinski definition) is 4. The Bertz CT molecular complexity index is 1930. The molecule has 8 saturated carbocycles. The lowest BCUT2D eigenvalue weighted by molar-refractivity contribution is -0.136. The van der Waals surface area contributed by atoms with Crippen molar-refractivity contribution in [2.45, 2.75) is 169 Å². The number of nitrogens with one attached hydrogen (secondary N) is 1. The second-order valence-corrected chi connectivity index (χ2v) is 24.2. The maximum atomic E-state index is 13.3. The van der Waals surface area contributed by atoms with E-state index in [2.05, 4.69) is 35.1 Å². The number of anilines is 2. The van der Waals surface area contributed by atoms with Gasteiger partial charge in [0.05, 0.1) is 36.3 Å². The zero-order chi connectivity index (χ0) is 49.4. The summed E-state index contributed by atoms with van der Waals surface area (Å²) < 4.78 is 21.2. The second kappa shape index (κ2) is 24.2. The number of nitrogens with two attached hydrogens (primary N) is 1. The molecule has 8 aliphatic carbocycles. The second-order valence-electron chi connectivity index (χ2n) is 23.6. The number of benzene rings is 2. The molecule has 5 N–H and O–H groups in total. The molecular formula is C60H97BrN2O6. The molecule has 0 aliphatic heterocycles. The molecule has 0 saturated heterocycles. The predicted octanol–water partition coefficient (Wildman–Crippen LogP) is 13.5. The van der Waals surface area contributed by atoms with Gasteiger partial charge in [0.1, 0.15) is 5.78 Å². The van der Waals surface area contributed by atoms with Crippen LogP contribution in [0.5, 0.6) is 0 Å². The number of ketones is 2. The topological polar surface area (TPSA) is 131 Å². The summed E-state index contributed by atoms with van der Waals surface area (Å²) in [5.74, 6) is 8.90. The van der Waals surface area contributed by atoms with Gasteiger partial charge in [-0.15, -0.1) is 0 Å². The van der Waals surface area contributed by atoms with E-state index in [9.17, 15) is 19.8 Å². The first kappa shape index (κ1) is 54.5. The number of fused-ring (bicyclic) bond motifs is 10. The number of hydrogen-bond acceptors (Lipinski definition) is 8. The molecule has 0 bridgehead atoms. The Kier molecular flexibility index (Phi) is 19.1. The fraction of sp³-hybridized carbons (Fsp3) is 0.767. The van der Waals surface area contributed by atoms with Gasteiger partial charge in [-0.2, -0.15) is 0 Å². The zero-order valence-corrected chi connectivity index (χ0v) is 43.2. The summed E-state index contributed by atoms with van der Waals surface area (Å²) in [7, 11) is 0. The van der Waals surface area contributed by atoms with Crippen LogP contribution in [0.2, 0.25) is 0 Å². The van der Waals surface area contributed by atoms with E-state index in [-0.39, 0.29) is 37.5 Å². The van der Waals surface area contributed by atoms with E-state index < -0.39 is 11.2 Å². The summed E-state index contributed by atoms with van der Waals surface area (Å²) in [5.41, 5.74) is 6.43. The highest BCUT2D eigenvalue weighted by atomic mass is 79.9. The Morgan fingerprint density at radius 3 is 1.48 bits per heavy atom. The quantitative estimate of drug-likeness (QED) is 0.122. The highest BCUT2D eigenvalue weighted by Crippen LogP contribution is 2.66. The molecule has 2 aromatic carbocycles. The molecule has 0 aromatic heterocycles. The highest BCUT2D eigenvalue weighted by Gasteiger charge is 2.60. The van der Waals surface area contributed by atoms with Crippen LogP contribution >= 0.6 is 15.9 Å². The van der Waals surface area contributed by atoms with Gasteiger partial charge in [-0.1, -0.05) is 81.0 Å². The molecule has 0 heterocycles. The van der Waals surface area contributed by atoms with Crippen molar-refractivity contribution in [3.05, 3.63) is 60.7 Å². The number of alkyl halides is 1. The minimum atomic E-state index is -0.607. The normalized spacial score (nSPS) is 40.4. The number of Topliss-reactive ketones (excluding diaryl/α,β-unsaturated/α-hetero) is 2. The average molecular weight is 1030 g/mol. The summed E-state index contributed by atoms with van der Waals surface area (Å²) >= 11 is 3.42. The van der Waals surface area contributed by atoms with Crippen LogP contribution in [0, 0.1) is 81.8 Å². The summed E-state index contributed by atoms with van der Waals surface area (Å²) in [5, 5.41) is 26.0. The fourth-order valence-electron chi connectivity index (χ4n) is 17.2. The fourth-order valence-corrected chi connectivity index (χ4v) is 17.6. The van der Waals surface area contributed by atoms with Gasteiger partial charge in [0.25, 0.3) is 0 Å². The van der Waals surface area contributed by atoms with Gasteiger partial charge in [0.15, 0.2) is 5.78 Å². The SMILES string of the molecule is C.C.CCOC[C@@]1(O)CC[C@H]2[C@@H](CC[C@@H]3[C@@H]2CC[C@]2(C)[C@@H](C(=O)CBr)CC[C@@H]32)C1.CCOC[C@@]1(O)CC[C@H]2[C@@H](CC[C@@H]3[C@@H]2CC[C@]2(C)[C@@H](C(=O)CNc4ccccc4)CC[C@@H]32)C1.Nc1ccccc1.[3H][3H]. The van der Waals surface area contributed by atoms with Crippen LogP contribution in [0.15, 0.2) is 60.7 Å². The van der Waals surface area contributed by atoms with Crippen molar-refractivity contribution in [1.82, 2.24) is 0 Å². The smallest absolute Gasteiger partial charge is 0.155 e. The maximum absolute atomic E-state index is 13.3. The Balaban J connectivity index is 0.000000222. The summed E-state index contributed by atoms with van der Waals surface area (Å²) in [4.78, 5) is 25.9. The Morgan fingerprint density at radius 2 is 1.06 bits per heavy atom. The van der Waals surface area contributed by atoms with Crippen molar-refractivity contribution >= 4 is 38.9 Å². The summed E-state index contributed by atoms with van der Waals surface area (Å²) in [6.45, 7) is 11.7. The van der Waals surface area contributed by atoms with Crippen molar-refractivity contribution in [3.63, 3.8) is 0 Å². The predicted molar refractivity (Wildman–Crippen MR) is 289 cm³/mol. The van der Waals surface area contributed by atoms with Gasteiger partial charge >= 0.3 is 0 Å². The van der Waals surface area contributed by atoms with E-state index in [1.807, 2.05) is 74.5 Å². The summed E-state index contributed by atoms with van der Waals surface area (Å²) in [6.07, 6.45) is 20.8. The minimum Gasteiger partial charge on any atom is -0.399 e. The van der Waals surface area contributed by atoms with Crippen LogP contribution in [-0.2, 0) is 19.1 Å². The number of carbonyl (C=O) groups excluding carboxylic acids is 2. The van der Waals surface area contributed by atoms with E-state index in [0.29, 0.717) is 67.6 Å². The van der Waals surface area contributed by atoms with E-state index in [1.54, 1.807) is 0 Å². The van der Waals surface area contributed by atoms with Gasteiger partial charge < -0.3 is 30.7 Å². The molecule has 390 valence electrons. The molecule has 0 spiro atoms. The molecule has 8 nitrogen and oxygen atoms in total. The van der Waals surface area contributed by atoms with Crippen molar-refractivity contribution in [2.24, 2.45) is 81.8 Å². The molecule has 9 heteroatoms. The lowest BCUT2D eigenvalue weighted by Crippen LogP contribution is -2.52. The molecule has 2 aromatic rings. The van der Waals surface area contributed by atoms with Gasteiger partial charge in [-0.05, 0) is 224 Å². The minimum absolute atomic E-state index is 0. The van der Waals surface area contributed by atoms with Crippen LogP contribution < -0.4 is 11.1 Å². The van der Waals surface area contributed by atoms with Crippen molar-refractivity contribution in [2.75, 3.05) is 49.4 Å². The maximum Gasteiger partial charge on any atom is 0.155 e. The number of rotatable bonds is 12. The van der Waals surface area contributed by atoms with Gasteiger partial charge in [0, 0.05) is 39.4 Å². The third kappa shape index (κ3) is 12.1. The van der Waals surface area contributed by atoms with Crippen LogP contribution in [0.1, 0.15) is 161 Å². The van der Waals surface area contributed by atoms with Crippen molar-refractivity contribution in [3.8, 4) is 0 Å². The van der Waals surface area contributed by atoms with Gasteiger partial charge in [-0.25, -0.2) is 0 Å². The van der Waals surface area contributed by atoms with Crippen molar-refractivity contribution in [1.29, 1.82) is 0 Å². The third-order valence-corrected chi connectivity index (χ3v) is 20.9. The highest BCUT2D eigenvalue weighted by molar-refractivity contribution is 9.09. The Morgan fingerprint density at radius 1 is 0.623 bits per heavy atom. The zero-order valence-electron chi connectivity index (χ0n) is 43.7. The number of para-hydroxylation sites is 2. The summed E-state index contributed by atoms with van der Waals surface area (Å²) in [6, 6.07) is 19.6. The number of nitrogen functional groups attached to an aromatic ring is 1. The number of halogens is 1. The Hall–Kier alpha value is -2.30. The van der Waals surface area contributed by atoms with Crippen LogP contribution in [0.3, 0.4) is 0 Å². The van der Waals surface area contributed by atoms with Crippen molar-refractivity contribution < 1.29 is 32.2 Å². The van der Waals surface area contributed by atoms with E-state index in [0.717, 1.165) is 97.7 Å². The average Bonchev–Trinajstić information content (AvgIpc) is 3.92. The van der Waals surface area contributed by atoms with E-state index in [4.69, 9.17) is 18.2 Å². The van der Waals surface area contributed by atoms with Crippen LogP contribution in [-0.4, -0.2) is 71.3 Å². The molecule has 69 heavy (non-hydrogen) atoms. The first-order chi connectivity index (χ1) is 33.2. The molecular weight excluding hydrogens is 925 g/mol. The lowest BCUT2D eigenvalue weighted by Gasteiger charge is -2.57. The first-order valence-corrected chi connectivity index (χ1v) is 28.2. The molecule has 8 fully saturated rings. The molecule has 0 radical (unpaired) electrons. The molecule has 16 atom stereocenters. The van der Waals surface area contributed by atoms with Gasteiger partial charge in [0.2, 0.25) is 0 Å². The molecule has 0 unspecified atom stereocenters. The monoisotopic (exact) mass is 1020 g/mol. The van der Waals surface area contributed by atoms with Gasteiger partial charge in [-0.3, -0.25) is 9.59 Å². The molecule has 10 rings (SSSR count). The number of aliphatic hydroxyl groups is 2.